The molecule has 0 spiro atoms. The van der Waals surface area contributed by atoms with Gasteiger partial charge in [0.05, 0.1) is 18.7 Å². The topological polar surface area (TPSA) is 79.2 Å². The molecule has 5 nitrogen and oxygen atoms in total. The summed E-state index contributed by atoms with van der Waals surface area (Å²) >= 11 is 0. The molecule has 0 aromatic heterocycles. The third-order valence-corrected chi connectivity index (χ3v) is 3.13. The van der Waals surface area contributed by atoms with Crippen LogP contribution in [0.1, 0.15) is 15.9 Å². The van der Waals surface area contributed by atoms with E-state index in [0.717, 1.165) is 0 Å². The molecular formula is C17H14N2O3. The molecule has 0 atom stereocenters. The lowest BCUT2D eigenvalue weighted by Gasteiger charge is -2.11. The molecule has 2 rings (SSSR count). The van der Waals surface area contributed by atoms with Crippen molar-refractivity contribution in [1.82, 2.24) is 5.32 Å². The van der Waals surface area contributed by atoms with Crippen LogP contribution in [0.4, 0.5) is 0 Å². The largest absolute Gasteiger partial charge is 0.468 e. The molecule has 5 heteroatoms. The van der Waals surface area contributed by atoms with E-state index >= 15 is 0 Å². The molecule has 22 heavy (non-hydrogen) atoms. The Morgan fingerprint density at radius 2 is 1.73 bits per heavy atom. The molecule has 0 fully saturated rings. The van der Waals surface area contributed by atoms with E-state index in [1.807, 2.05) is 0 Å². The van der Waals surface area contributed by atoms with Gasteiger partial charge < -0.3 is 10.1 Å². The summed E-state index contributed by atoms with van der Waals surface area (Å²) in [5.41, 5.74) is 2.20. The maximum absolute atomic E-state index is 12.3. The molecule has 0 saturated heterocycles. The highest BCUT2D eigenvalue weighted by Gasteiger charge is 2.15. The minimum atomic E-state index is -0.525. The number of methoxy groups -OCH3 is 1. The Bertz CT molecular complexity index is 748. The number of nitriles is 1. The molecule has 0 aliphatic carbocycles. The quantitative estimate of drug-likeness (QED) is 0.876. The third kappa shape index (κ3) is 3.30. The molecule has 2 aromatic rings. The first-order chi connectivity index (χ1) is 10.7. The van der Waals surface area contributed by atoms with Crippen LogP contribution in [-0.2, 0) is 9.53 Å². The standard InChI is InChI=1S/C17H14N2O3/c1-22-16(20)11-19-17(21)15-9-5-4-8-14(15)13-7-3-2-6-12(13)10-18/h2-9H,11H2,1H3,(H,19,21). The summed E-state index contributed by atoms with van der Waals surface area (Å²) < 4.78 is 4.49. The highest BCUT2D eigenvalue weighted by atomic mass is 16.5. The van der Waals surface area contributed by atoms with E-state index < -0.39 is 11.9 Å². The molecule has 0 radical (unpaired) electrons. The van der Waals surface area contributed by atoms with Crippen molar-refractivity contribution in [3.8, 4) is 17.2 Å². The smallest absolute Gasteiger partial charge is 0.325 e. The molecular weight excluding hydrogens is 280 g/mol. The second kappa shape index (κ2) is 7.04. The Labute approximate surface area is 128 Å². The number of hydrogen-bond donors (Lipinski definition) is 1. The summed E-state index contributed by atoms with van der Waals surface area (Å²) in [5, 5.41) is 11.7. The van der Waals surface area contributed by atoms with E-state index in [1.165, 1.54) is 7.11 Å². The maximum atomic E-state index is 12.3. The Morgan fingerprint density at radius 3 is 2.41 bits per heavy atom. The van der Waals surface area contributed by atoms with E-state index in [2.05, 4.69) is 16.1 Å². The van der Waals surface area contributed by atoms with Crippen LogP contribution in [0.3, 0.4) is 0 Å². The van der Waals surface area contributed by atoms with Gasteiger partial charge in [0, 0.05) is 11.1 Å². The normalized spacial score (nSPS) is 9.64. The molecule has 0 saturated carbocycles. The third-order valence-electron chi connectivity index (χ3n) is 3.13. The van der Waals surface area contributed by atoms with Gasteiger partial charge in [-0.1, -0.05) is 36.4 Å². The van der Waals surface area contributed by atoms with Gasteiger partial charge in [-0.3, -0.25) is 9.59 Å². The molecule has 0 heterocycles. The van der Waals surface area contributed by atoms with Gasteiger partial charge in [0.15, 0.2) is 0 Å². The van der Waals surface area contributed by atoms with E-state index in [-0.39, 0.29) is 6.54 Å². The SMILES string of the molecule is COC(=O)CNC(=O)c1ccccc1-c1ccccc1C#N. The van der Waals surface area contributed by atoms with Crippen LogP contribution in [-0.4, -0.2) is 25.5 Å². The first-order valence-electron chi connectivity index (χ1n) is 6.61. The predicted molar refractivity (Wildman–Crippen MR) is 80.9 cm³/mol. The molecule has 1 amide bonds. The van der Waals surface area contributed by atoms with Gasteiger partial charge in [0.1, 0.15) is 6.54 Å². The fraction of sp³-hybridized carbons (Fsp3) is 0.118. The van der Waals surface area contributed by atoms with Gasteiger partial charge in [0.25, 0.3) is 5.91 Å². The Kier molecular flexibility index (Phi) is 4.89. The summed E-state index contributed by atoms with van der Waals surface area (Å²) in [6.45, 7) is -0.205. The molecule has 2 aromatic carbocycles. The molecule has 0 bridgehead atoms. The number of nitrogens with zero attached hydrogens (tertiary/aromatic N) is 1. The van der Waals surface area contributed by atoms with Crippen LogP contribution in [0.2, 0.25) is 0 Å². The molecule has 0 aliphatic rings. The number of rotatable bonds is 4. The van der Waals surface area contributed by atoms with Gasteiger partial charge in [-0.05, 0) is 17.7 Å². The molecule has 1 N–H and O–H groups in total. The van der Waals surface area contributed by atoms with E-state index in [4.69, 9.17) is 0 Å². The molecule has 110 valence electrons. The summed E-state index contributed by atoms with van der Waals surface area (Å²) in [4.78, 5) is 23.4. The van der Waals surface area contributed by atoms with Gasteiger partial charge in [-0.2, -0.15) is 5.26 Å². The minimum Gasteiger partial charge on any atom is -0.468 e. The second-order valence-electron chi connectivity index (χ2n) is 4.46. The average molecular weight is 294 g/mol. The fourth-order valence-corrected chi connectivity index (χ4v) is 2.05. The zero-order chi connectivity index (χ0) is 15.9. The van der Waals surface area contributed by atoms with Crippen LogP contribution in [0.5, 0.6) is 0 Å². The van der Waals surface area contributed by atoms with Crippen LogP contribution >= 0.6 is 0 Å². The van der Waals surface area contributed by atoms with E-state index in [1.54, 1.807) is 48.5 Å². The number of ether oxygens (including phenoxy) is 1. The van der Waals surface area contributed by atoms with Gasteiger partial charge in [0.2, 0.25) is 0 Å². The monoisotopic (exact) mass is 294 g/mol. The lowest BCUT2D eigenvalue weighted by molar-refractivity contribution is -0.139. The zero-order valence-corrected chi connectivity index (χ0v) is 12.0. The first-order valence-corrected chi connectivity index (χ1v) is 6.61. The highest BCUT2D eigenvalue weighted by molar-refractivity contribution is 6.02. The summed E-state index contributed by atoms with van der Waals surface area (Å²) in [6.07, 6.45) is 0. The number of amides is 1. The number of benzene rings is 2. The average Bonchev–Trinajstić information content (AvgIpc) is 2.59. The number of carbonyl (C=O) groups is 2. The van der Waals surface area contributed by atoms with Crippen LogP contribution in [0.15, 0.2) is 48.5 Å². The van der Waals surface area contributed by atoms with Crippen molar-refractivity contribution in [1.29, 1.82) is 5.26 Å². The van der Waals surface area contributed by atoms with Crippen molar-refractivity contribution in [3.63, 3.8) is 0 Å². The van der Waals surface area contributed by atoms with Crippen molar-refractivity contribution in [2.45, 2.75) is 0 Å². The highest BCUT2D eigenvalue weighted by Crippen LogP contribution is 2.26. The number of hydrogen-bond acceptors (Lipinski definition) is 4. The van der Waals surface area contributed by atoms with Crippen molar-refractivity contribution in [2.24, 2.45) is 0 Å². The van der Waals surface area contributed by atoms with E-state index in [0.29, 0.717) is 22.3 Å². The number of esters is 1. The predicted octanol–water partition coefficient (Wildman–Crippen LogP) is 2.13. The van der Waals surface area contributed by atoms with Gasteiger partial charge >= 0.3 is 5.97 Å². The Hall–Kier alpha value is -3.13. The van der Waals surface area contributed by atoms with Crippen LogP contribution in [0.25, 0.3) is 11.1 Å². The number of nitrogens with one attached hydrogen (secondary N) is 1. The minimum absolute atomic E-state index is 0.205. The summed E-state index contributed by atoms with van der Waals surface area (Å²) in [6, 6.07) is 16.1. The summed E-state index contributed by atoms with van der Waals surface area (Å²) in [5.74, 6) is -0.919. The van der Waals surface area contributed by atoms with Crippen molar-refractivity contribution < 1.29 is 14.3 Å². The van der Waals surface area contributed by atoms with Gasteiger partial charge in [-0.25, -0.2) is 0 Å². The molecule has 0 unspecified atom stereocenters. The fourth-order valence-electron chi connectivity index (χ4n) is 2.05. The lowest BCUT2D eigenvalue weighted by Crippen LogP contribution is -2.30. The maximum Gasteiger partial charge on any atom is 0.325 e. The van der Waals surface area contributed by atoms with Gasteiger partial charge in [-0.15, -0.1) is 0 Å². The van der Waals surface area contributed by atoms with Crippen molar-refractivity contribution in [2.75, 3.05) is 13.7 Å². The number of carbonyl (C=O) groups excluding carboxylic acids is 2. The Balaban J connectivity index is 2.37. The second-order valence-corrected chi connectivity index (χ2v) is 4.46. The first kappa shape index (κ1) is 15.3. The van der Waals surface area contributed by atoms with Crippen molar-refractivity contribution >= 4 is 11.9 Å². The lowest BCUT2D eigenvalue weighted by atomic mass is 9.95. The Morgan fingerprint density at radius 1 is 1.09 bits per heavy atom. The van der Waals surface area contributed by atoms with Crippen LogP contribution < -0.4 is 5.32 Å². The van der Waals surface area contributed by atoms with E-state index in [9.17, 15) is 14.9 Å². The van der Waals surface area contributed by atoms with Crippen LogP contribution in [0, 0.1) is 11.3 Å². The summed E-state index contributed by atoms with van der Waals surface area (Å²) in [7, 11) is 1.26. The molecule has 0 aliphatic heterocycles. The zero-order valence-electron chi connectivity index (χ0n) is 12.0. The van der Waals surface area contributed by atoms with Crippen molar-refractivity contribution in [3.05, 3.63) is 59.7 Å².